The molecule has 0 aromatic rings. The van der Waals surface area contributed by atoms with Gasteiger partial charge in [0, 0.05) is 25.2 Å². The maximum absolute atomic E-state index is 12.2. The Morgan fingerprint density at radius 1 is 1.47 bits per heavy atom. The van der Waals surface area contributed by atoms with Gasteiger partial charge in [-0.25, -0.2) is 0 Å². The number of piperidine rings is 1. The van der Waals surface area contributed by atoms with E-state index in [9.17, 15) is 13.2 Å². The van der Waals surface area contributed by atoms with Crippen molar-refractivity contribution in [1.29, 1.82) is 0 Å². The van der Waals surface area contributed by atoms with Crippen LogP contribution in [0.2, 0.25) is 0 Å². The minimum Gasteiger partial charge on any atom is -0.481 e. The van der Waals surface area contributed by atoms with Gasteiger partial charge in [0.15, 0.2) is 0 Å². The Balaban J connectivity index is 2.74. The Labute approximate surface area is 113 Å². The fourth-order valence-corrected chi connectivity index (χ4v) is 3.78. The highest BCUT2D eigenvalue weighted by molar-refractivity contribution is 7.87. The van der Waals surface area contributed by atoms with Crippen LogP contribution in [0.15, 0.2) is 0 Å². The van der Waals surface area contributed by atoms with E-state index in [2.05, 4.69) is 4.72 Å². The molecule has 1 fully saturated rings. The maximum atomic E-state index is 12.2. The summed E-state index contributed by atoms with van der Waals surface area (Å²) in [6.45, 7) is 3.57. The largest absolute Gasteiger partial charge is 0.481 e. The summed E-state index contributed by atoms with van der Waals surface area (Å²) in [5, 5.41) is 17.9. The molecule has 1 heterocycles. The number of rotatable bonds is 6. The Hall–Kier alpha value is -0.700. The molecule has 1 unspecified atom stereocenters. The first-order valence-corrected chi connectivity index (χ1v) is 7.75. The number of carbonyl (C=O) groups is 1. The van der Waals surface area contributed by atoms with Crippen molar-refractivity contribution >= 4 is 16.2 Å². The number of nitrogens with one attached hydrogen (secondary N) is 1. The van der Waals surface area contributed by atoms with Gasteiger partial charge in [-0.05, 0) is 33.1 Å². The first kappa shape index (κ1) is 16.4. The van der Waals surface area contributed by atoms with Crippen LogP contribution in [0.1, 0.15) is 33.1 Å². The van der Waals surface area contributed by atoms with E-state index in [1.54, 1.807) is 13.8 Å². The molecule has 0 saturated carbocycles. The Kier molecular flexibility index (Phi) is 5.31. The number of carboxylic acids is 1. The van der Waals surface area contributed by atoms with E-state index >= 15 is 0 Å². The predicted octanol–water partition coefficient (Wildman–Crippen LogP) is -0.222. The quantitative estimate of drug-likeness (QED) is 0.628. The minimum absolute atomic E-state index is 0.000127. The summed E-state index contributed by atoms with van der Waals surface area (Å²) in [5.41, 5.74) is -0.760. The third-order valence-electron chi connectivity index (χ3n) is 3.22. The number of carboxylic acid groups (broad SMARTS) is 1. The van der Waals surface area contributed by atoms with Gasteiger partial charge < -0.3 is 10.2 Å². The lowest BCUT2D eigenvalue weighted by atomic mass is 10.0. The number of aliphatic hydroxyl groups excluding tert-OH is 1. The van der Waals surface area contributed by atoms with Crippen LogP contribution in [0.25, 0.3) is 0 Å². The third-order valence-corrected chi connectivity index (χ3v) is 5.04. The highest BCUT2D eigenvalue weighted by Crippen LogP contribution is 2.20. The van der Waals surface area contributed by atoms with E-state index in [0.29, 0.717) is 25.8 Å². The van der Waals surface area contributed by atoms with E-state index in [4.69, 9.17) is 10.2 Å². The number of hydrogen-bond acceptors (Lipinski definition) is 4. The van der Waals surface area contributed by atoms with E-state index in [0.717, 1.165) is 0 Å². The lowest BCUT2D eigenvalue weighted by Crippen LogP contribution is -2.53. The standard InChI is InChI=1S/C11H22N2O5S/c1-11(2,5-7-14)12-19(17,18)13-6-3-4-9(8-13)10(15)16/h9,12,14H,3-8H2,1-2H3,(H,15,16). The van der Waals surface area contributed by atoms with Gasteiger partial charge in [0.05, 0.1) is 5.92 Å². The van der Waals surface area contributed by atoms with Crippen molar-refractivity contribution in [2.45, 2.75) is 38.6 Å². The molecule has 1 aliphatic rings. The highest BCUT2D eigenvalue weighted by atomic mass is 32.2. The molecule has 0 aromatic heterocycles. The van der Waals surface area contributed by atoms with Gasteiger partial charge in [-0.1, -0.05) is 0 Å². The molecule has 7 nitrogen and oxygen atoms in total. The molecule has 112 valence electrons. The molecule has 1 saturated heterocycles. The molecule has 0 spiro atoms. The summed E-state index contributed by atoms with van der Waals surface area (Å²) in [4.78, 5) is 10.9. The van der Waals surface area contributed by atoms with Crippen molar-refractivity contribution in [3.8, 4) is 0 Å². The van der Waals surface area contributed by atoms with Crippen LogP contribution in [0.3, 0.4) is 0 Å². The van der Waals surface area contributed by atoms with Gasteiger partial charge in [0.2, 0.25) is 0 Å². The van der Waals surface area contributed by atoms with Gasteiger partial charge >= 0.3 is 5.97 Å². The van der Waals surface area contributed by atoms with E-state index < -0.39 is 27.6 Å². The molecule has 0 amide bonds. The van der Waals surface area contributed by atoms with Crippen LogP contribution in [0.4, 0.5) is 0 Å². The second-order valence-electron chi connectivity index (χ2n) is 5.50. The van der Waals surface area contributed by atoms with E-state index in [1.165, 1.54) is 4.31 Å². The molecular formula is C11H22N2O5S. The van der Waals surface area contributed by atoms with Gasteiger partial charge in [0.1, 0.15) is 0 Å². The number of aliphatic hydroxyl groups is 1. The SMILES string of the molecule is CC(C)(CCO)NS(=O)(=O)N1CCCC(C(=O)O)C1. The van der Waals surface area contributed by atoms with Crippen molar-refractivity contribution < 1.29 is 23.4 Å². The summed E-state index contributed by atoms with van der Waals surface area (Å²) < 4.78 is 28.1. The van der Waals surface area contributed by atoms with Crippen LogP contribution in [-0.2, 0) is 15.0 Å². The van der Waals surface area contributed by atoms with Crippen molar-refractivity contribution in [3.63, 3.8) is 0 Å². The van der Waals surface area contributed by atoms with Crippen LogP contribution in [0, 0.1) is 5.92 Å². The topological polar surface area (TPSA) is 107 Å². The fraction of sp³-hybridized carbons (Fsp3) is 0.909. The number of nitrogens with zero attached hydrogens (tertiary/aromatic N) is 1. The fourth-order valence-electron chi connectivity index (χ4n) is 2.11. The van der Waals surface area contributed by atoms with Crippen LogP contribution >= 0.6 is 0 Å². The molecule has 0 aromatic carbocycles. The second kappa shape index (κ2) is 6.17. The zero-order chi connectivity index (χ0) is 14.7. The predicted molar refractivity (Wildman–Crippen MR) is 69.8 cm³/mol. The lowest BCUT2D eigenvalue weighted by Gasteiger charge is -2.33. The summed E-state index contributed by atoms with van der Waals surface area (Å²) in [7, 11) is -3.72. The van der Waals surface area contributed by atoms with Gasteiger partial charge in [-0.15, -0.1) is 0 Å². The smallest absolute Gasteiger partial charge is 0.307 e. The molecule has 0 radical (unpaired) electrons. The van der Waals surface area contributed by atoms with Crippen LogP contribution in [-0.4, -0.2) is 54.1 Å². The summed E-state index contributed by atoms with van der Waals surface area (Å²) >= 11 is 0. The third kappa shape index (κ3) is 4.72. The Morgan fingerprint density at radius 2 is 2.11 bits per heavy atom. The Morgan fingerprint density at radius 3 is 2.63 bits per heavy atom. The molecule has 1 rings (SSSR count). The first-order valence-electron chi connectivity index (χ1n) is 6.31. The minimum atomic E-state index is -3.72. The molecule has 3 N–H and O–H groups in total. The van der Waals surface area contributed by atoms with Crippen molar-refractivity contribution in [2.75, 3.05) is 19.7 Å². The van der Waals surface area contributed by atoms with Crippen molar-refractivity contribution in [1.82, 2.24) is 9.03 Å². The number of hydrogen-bond donors (Lipinski definition) is 3. The van der Waals surface area contributed by atoms with Crippen LogP contribution < -0.4 is 4.72 Å². The number of aliphatic carboxylic acids is 1. The maximum Gasteiger partial charge on any atom is 0.307 e. The van der Waals surface area contributed by atoms with Gasteiger partial charge in [-0.2, -0.15) is 17.4 Å². The zero-order valence-electron chi connectivity index (χ0n) is 11.3. The van der Waals surface area contributed by atoms with Crippen molar-refractivity contribution in [3.05, 3.63) is 0 Å². The monoisotopic (exact) mass is 294 g/mol. The molecule has 1 aliphatic heterocycles. The summed E-state index contributed by atoms with van der Waals surface area (Å²) in [6.07, 6.45) is 1.34. The molecule has 0 aliphatic carbocycles. The molecule has 19 heavy (non-hydrogen) atoms. The van der Waals surface area contributed by atoms with Gasteiger partial charge in [-0.3, -0.25) is 4.79 Å². The van der Waals surface area contributed by atoms with Crippen molar-refractivity contribution in [2.24, 2.45) is 5.92 Å². The highest BCUT2D eigenvalue weighted by Gasteiger charge is 2.35. The molecule has 8 heteroatoms. The molecule has 1 atom stereocenters. The van der Waals surface area contributed by atoms with Crippen LogP contribution in [0.5, 0.6) is 0 Å². The average Bonchev–Trinajstić information content (AvgIpc) is 2.27. The molecular weight excluding hydrogens is 272 g/mol. The second-order valence-corrected chi connectivity index (χ2v) is 7.17. The first-order chi connectivity index (χ1) is 8.68. The van der Waals surface area contributed by atoms with E-state index in [1.807, 2.05) is 0 Å². The Bertz CT molecular complexity index is 421. The van der Waals surface area contributed by atoms with Gasteiger partial charge in [0.25, 0.3) is 10.2 Å². The average molecular weight is 294 g/mol. The normalized spacial score (nSPS) is 22.4. The lowest BCUT2D eigenvalue weighted by molar-refractivity contribution is -0.142. The summed E-state index contributed by atoms with van der Waals surface area (Å²) in [6, 6.07) is 0. The van der Waals surface area contributed by atoms with E-state index in [-0.39, 0.29) is 13.2 Å². The molecule has 0 bridgehead atoms. The summed E-state index contributed by atoms with van der Waals surface area (Å²) in [5.74, 6) is -1.61. The zero-order valence-corrected chi connectivity index (χ0v) is 12.1.